The molecule has 0 heterocycles. The fraction of sp³-hybridized carbons (Fsp3) is 0.625. The predicted molar refractivity (Wildman–Crippen MR) is 48.8 cm³/mol. The standard InChI is InChI=1S/C8H13BrO2/c1-4-7(5-9)8(10)11-6(2)3/h4,6H,5H2,1-3H3. The quantitative estimate of drug-likeness (QED) is 0.415. The van der Waals surface area contributed by atoms with Crippen LogP contribution in [-0.2, 0) is 9.53 Å². The minimum Gasteiger partial charge on any atom is -0.460 e. The van der Waals surface area contributed by atoms with E-state index in [1.54, 1.807) is 6.08 Å². The van der Waals surface area contributed by atoms with Gasteiger partial charge < -0.3 is 4.74 Å². The Balaban J connectivity index is 4.02. The summed E-state index contributed by atoms with van der Waals surface area (Å²) in [6.45, 7) is 5.48. The minimum absolute atomic E-state index is 0.0449. The van der Waals surface area contributed by atoms with Crippen LogP contribution >= 0.6 is 15.9 Å². The molecule has 0 atom stereocenters. The first-order valence-electron chi connectivity index (χ1n) is 3.54. The Morgan fingerprint density at radius 2 is 2.18 bits per heavy atom. The third-order valence-electron chi connectivity index (χ3n) is 1.10. The highest BCUT2D eigenvalue weighted by Gasteiger charge is 2.09. The summed E-state index contributed by atoms with van der Waals surface area (Å²) >= 11 is 3.20. The molecule has 3 heteroatoms. The summed E-state index contributed by atoms with van der Waals surface area (Å²) < 4.78 is 4.96. The molecule has 0 aromatic heterocycles. The fourth-order valence-corrected chi connectivity index (χ4v) is 1.09. The van der Waals surface area contributed by atoms with Gasteiger partial charge in [-0.05, 0) is 20.8 Å². The van der Waals surface area contributed by atoms with E-state index in [9.17, 15) is 4.79 Å². The summed E-state index contributed by atoms with van der Waals surface area (Å²) in [4.78, 5) is 11.1. The van der Waals surface area contributed by atoms with Crippen molar-refractivity contribution in [3.63, 3.8) is 0 Å². The van der Waals surface area contributed by atoms with E-state index in [1.807, 2.05) is 20.8 Å². The Hall–Kier alpha value is -0.310. The molecule has 0 amide bonds. The number of carbonyl (C=O) groups is 1. The van der Waals surface area contributed by atoms with E-state index in [-0.39, 0.29) is 12.1 Å². The molecule has 0 saturated heterocycles. The Morgan fingerprint density at radius 1 is 1.64 bits per heavy atom. The molecule has 0 aliphatic heterocycles. The van der Waals surface area contributed by atoms with Crippen LogP contribution < -0.4 is 0 Å². The van der Waals surface area contributed by atoms with Gasteiger partial charge in [-0.2, -0.15) is 0 Å². The second-order valence-corrected chi connectivity index (χ2v) is 2.96. The normalized spacial score (nSPS) is 11.9. The van der Waals surface area contributed by atoms with Crippen molar-refractivity contribution < 1.29 is 9.53 Å². The lowest BCUT2D eigenvalue weighted by Crippen LogP contribution is -2.14. The Labute approximate surface area is 75.7 Å². The van der Waals surface area contributed by atoms with Crippen LogP contribution in [0.4, 0.5) is 0 Å². The average Bonchev–Trinajstić information content (AvgIpc) is 1.88. The lowest BCUT2D eigenvalue weighted by atomic mass is 10.3. The second-order valence-electron chi connectivity index (χ2n) is 2.40. The molecule has 0 saturated carbocycles. The number of ether oxygens (including phenoxy) is 1. The lowest BCUT2D eigenvalue weighted by molar-refractivity contribution is -0.142. The number of hydrogen-bond donors (Lipinski definition) is 0. The number of hydrogen-bond acceptors (Lipinski definition) is 2. The Bertz CT molecular complexity index is 161. The number of halogens is 1. The molecule has 0 N–H and O–H groups in total. The lowest BCUT2D eigenvalue weighted by Gasteiger charge is -2.08. The monoisotopic (exact) mass is 220 g/mol. The highest BCUT2D eigenvalue weighted by Crippen LogP contribution is 2.04. The molecule has 0 aromatic carbocycles. The SMILES string of the molecule is CC=C(CBr)C(=O)OC(C)C. The molecular formula is C8H13BrO2. The number of allylic oxidation sites excluding steroid dienone is 1. The van der Waals surface area contributed by atoms with E-state index >= 15 is 0 Å². The van der Waals surface area contributed by atoms with Gasteiger partial charge in [0.25, 0.3) is 0 Å². The Kier molecular flexibility index (Phi) is 5.20. The Morgan fingerprint density at radius 3 is 2.45 bits per heavy atom. The topological polar surface area (TPSA) is 26.3 Å². The highest BCUT2D eigenvalue weighted by molar-refractivity contribution is 9.09. The van der Waals surface area contributed by atoms with E-state index in [4.69, 9.17) is 4.74 Å². The van der Waals surface area contributed by atoms with E-state index in [2.05, 4.69) is 15.9 Å². The third kappa shape index (κ3) is 4.19. The van der Waals surface area contributed by atoms with Crippen molar-refractivity contribution in [2.24, 2.45) is 0 Å². The van der Waals surface area contributed by atoms with Crippen LogP contribution in [0.5, 0.6) is 0 Å². The average molecular weight is 221 g/mol. The van der Waals surface area contributed by atoms with Crippen LogP contribution in [0, 0.1) is 0 Å². The number of alkyl halides is 1. The smallest absolute Gasteiger partial charge is 0.334 e. The third-order valence-corrected chi connectivity index (χ3v) is 1.70. The molecule has 0 spiro atoms. The molecule has 0 radical (unpaired) electrons. The van der Waals surface area contributed by atoms with E-state index in [1.165, 1.54) is 0 Å². The van der Waals surface area contributed by atoms with Crippen molar-refractivity contribution in [1.29, 1.82) is 0 Å². The molecule has 0 unspecified atom stereocenters. The van der Waals surface area contributed by atoms with Gasteiger partial charge in [0.1, 0.15) is 0 Å². The van der Waals surface area contributed by atoms with Crippen molar-refractivity contribution in [3.05, 3.63) is 11.6 Å². The summed E-state index contributed by atoms with van der Waals surface area (Å²) in [7, 11) is 0. The predicted octanol–water partition coefficient (Wildman–Crippen LogP) is 2.28. The maximum atomic E-state index is 11.1. The second kappa shape index (κ2) is 5.35. The summed E-state index contributed by atoms with van der Waals surface area (Å²) in [5.41, 5.74) is 0.665. The van der Waals surface area contributed by atoms with Crippen LogP contribution in [0.1, 0.15) is 20.8 Å². The van der Waals surface area contributed by atoms with Gasteiger partial charge in [0, 0.05) is 10.9 Å². The van der Waals surface area contributed by atoms with Crippen LogP contribution in [-0.4, -0.2) is 17.4 Å². The summed E-state index contributed by atoms with van der Waals surface area (Å²) in [6, 6.07) is 0. The van der Waals surface area contributed by atoms with Crippen molar-refractivity contribution in [2.75, 3.05) is 5.33 Å². The number of carbonyl (C=O) groups excluding carboxylic acids is 1. The van der Waals surface area contributed by atoms with Crippen LogP contribution in [0.2, 0.25) is 0 Å². The van der Waals surface area contributed by atoms with Gasteiger partial charge in [-0.25, -0.2) is 4.79 Å². The molecule has 0 aliphatic carbocycles. The van der Waals surface area contributed by atoms with Crippen molar-refractivity contribution in [1.82, 2.24) is 0 Å². The largest absolute Gasteiger partial charge is 0.460 e. The molecule has 0 aromatic rings. The maximum Gasteiger partial charge on any atom is 0.334 e. The van der Waals surface area contributed by atoms with Crippen molar-refractivity contribution in [3.8, 4) is 0 Å². The molecular weight excluding hydrogens is 208 g/mol. The molecule has 0 fully saturated rings. The van der Waals surface area contributed by atoms with Gasteiger partial charge >= 0.3 is 5.97 Å². The van der Waals surface area contributed by atoms with Crippen LogP contribution in [0.25, 0.3) is 0 Å². The van der Waals surface area contributed by atoms with Crippen molar-refractivity contribution in [2.45, 2.75) is 26.9 Å². The van der Waals surface area contributed by atoms with Crippen molar-refractivity contribution >= 4 is 21.9 Å². The molecule has 64 valence electrons. The minimum atomic E-state index is -0.237. The van der Waals surface area contributed by atoms with Gasteiger partial charge in [-0.15, -0.1) is 0 Å². The first kappa shape index (κ1) is 10.7. The zero-order valence-electron chi connectivity index (χ0n) is 7.06. The molecule has 11 heavy (non-hydrogen) atoms. The highest BCUT2D eigenvalue weighted by atomic mass is 79.9. The fourth-order valence-electron chi connectivity index (χ4n) is 0.539. The van der Waals surface area contributed by atoms with Gasteiger partial charge in [-0.3, -0.25) is 0 Å². The molecule has 2 nitrogen and oxygen atoms in total. The zero-order valence-corrected chi connectivity index (χ0v) is 8.64. The molecule has 0 rings (SSSR count). The van der Waals surface area contributed by atoms with E-state index < -0.39 is 0 Å². The van der Waals surface area contributed by atoms with Crippen LogP contribution in [0.3, 0.4) is 0 Å². The first-order chi connectivity index (χ1) is 5.11. The first-order valence-corrected chi connectivity index (χ1v) is 4.66. The van der Waals surface area contributed by atoms with Gasteiger partial charge in [-0.1, -0.05) is 22.0 Å². The summed E-state index contributed by atoms with van der Waals surface area (Å²) in [5.74, 6) is -0.237. The zero-order chi connectivity index (χ0) is 8.85. The van der Waals surface area contributed by atoms with Gasteiger partial charge in [0.05, 0.1) is 6.10 Å². The maximum absolute atomic E-state index is 11.1. The van der Waals surface area contributed by atoms with Gasteiger partial charge in [0.15, 0.2) is 0 Å². The number of rotatable bonds is 3. The summed E-state index contributed by atoms with van der Waals surface area (Å²) in [6.07, 6.45) is 1.70. The van der Waals surface area contributed by atoms with Gasteiger partial charge in [0.2, 0.25) is 0 Å². The molecule has 0 aliphatic rings. The summed E-state index contributed by atoms with van der Waals surface area (Å²) in [5, 5.41) is 0.551. The molecule has 0 bridgehead atoms. The van der Waals surface area contributed by atoms with Crippen LogP contribution in [0.15, 0.2) is 11.6 Å². The van der Waals surface area contributed by atoms with E-state index in [0.29, 0.717) is 10.9 Å². The van der Waals surface area contributed by atoms with E-state index in [0.717, 1.165) is 0 Å². The number of esters is 1.